The Hall–Kier alpha value is -1.25. The van der Waals surface area contributed by atoms with Gasteiger partial charge >= 0.3 is 0 Å². The second-order valence-electron chi connectivity index (χ2n) is 3.84. The van der Waals surface area contributed by atoms with E-state index >= 15 is 0 Å². The molecule has 0 unspecified atom stereocenters. The lowest BCUT2D eigenvalue weighted by molar-refractivity contribution is 0.111. The van der Waals surface area contributed by atoms with E-state index in [1.165, 1.54) is 0 Å². The van der Waals surface area contributed by atoms with Gasteiger partial charge in [0.15, 0.2) is 6.29 Å². The lowest BCUT2D eigenvalue weighted by Gasteiger charge is -2.10. The summed E-state index contributed by atoms with van der Waals surface area (Å²) in [6.07, 6.45) is 0.844. The molecule has 0 fully saturated rings. The van der Waals surface area contributed by atoms with Crippen molar-refractivity contribution in [2.75, 3.05) is 0 Å². The number of benzene rings is 1. The Bertz CT molecular complexity index is 561. The Morgan fingerprint density at radius 3 is 2.65 bits per heavy atom. The van der Waals surface area contributed by atoms with Crippen LogP contribution in [-0.2, 0) is 6.54 Å². The molecule has 0 bridgehead atoms. The van der Waals surface area contributed by atoms with Crippen LogP contribution in [0.5, 0.6) is 0 Å². The fraction of sp³-hybridized carbons (Fsp3) is 0.154. The summed E-state index contributed by atoms with van der Waals surface area (Å²) in [5.41, 5.74) is 2.62. The number of hydrogen-bond donors (Lipinski definition) is 0. The summed E-state index contributed by atoms with van der Waals surface area (Å²) < 4.78 is 1.92. The predicted octanol–water partition coefficient (Wildman–Crippen LogP) is 3.96. The summed E-state index contributed by atoms with van der Waals surface area (Å²) in [6.45, 7) is 2.53. The zero-order chi connectivity index (χ0) is 12.4. The van der Waals surface area contributed by atoms with E-state index in [1.807, 2.05) is 23.6 Å². The summed E-state index contributed by atoms with van der Waals surface area (Å²) in [7, 11) is 0. The van der Waals surface area contributed by atoms with Gasteiger partial charge in [0.1, 0.15) is 0 Å². The average Bonchev–Trinajstić information content (AvgIpc) is 2.64. The molecule has 0 saturated heterocycles. The van der Waals surface area contributed by atoms with Gasteiger partial charge in [0, 0.05) is 22.3 Å². The van der Waals surface area contributed by atoms with Gasteiger partial charge in [-0.1, -0.05) is 29.3 Å². The predicted molar refractivity (Wildman–Crippen MR) is 70.1 cm³/mol. The Morgan fingerprint density at radius 1 is 1.24 bits per heavy atom. The van der Waals surface area contributed by atoms with E-state index in [9.17, 15) is 4.79 Å². The van der Waals surface area contributed by atoms with Gasteiger partial charge in [-0.2, -0.15) is 0 Å². The molecule has 0 aliphatic heterocycles. The largest absolute Gasteiger partial charge is 0.338 e. The standard InChI is InChI=1S/C13H11Cl2NO/c1-9-2-5-12(8-17)16(9)7-10-3-4-11(14)6-13(10)15/h2-6,8H,7H2,1H3. The van der Waals surface area contributed by atoms with Crippen LogP contribution >= 0.6 is 23.2 Å². The third kappa shape index (κ3) is 2.54. The van der Waals surface area contributed by atoms with Crippen LogP contribution in [0.25, 0.3) is 0 Å². The van der Waals surface area contributed by atoms with Crippen molar-refractivity contribution in [2.45, 2.75) is 13.5 Å². The van der Waals surface area contributed by atoms with Crippen molar-refractivity contribution in [1.82, 2.24) is 4.57 Å². The molecule has 0 aliphatic carbocycles. The zero-order valence-electron chi connectivity index (χ0n) is 9.28. The molecule has 4 heteroatoms. The van der Waals surface area contributed by atoms with Gasteiger partial charge in [-0.3, -0.25) is 4.79 Å². The molecule has 0 radical (unpaired) electrons. The Kier molecular flexibility index (Phi) is 3.55. The van der Waals surface area contributed by atoms with Gasteiger partial charge in [0.05, 0.1) is 5.69 Å². The lowest BCUT2D eigenvalue weighted by atomic mass is 10.2. The number of rotatable bonds is 3. The van der Waals surface area contributed by atoms with Crippen molar-refractivity contribution < 1.29 is 4.79 Å². The molecule has 1 aromatic carbocycles. The molecule has 0 N–H and O–H groups in total. The molecule has 1 heterocycles. The third-order valence-corrected chi connectivity index (χ3v) is 3.28. The summed E-state index contributed by atoms with van der Waals surface area (Å²) in [5, 5.41) is 1.22. The van der Waals surface area contributed by atoms with Crippen LogP contribution in [0.2, 0.25) is 10.0 Å². The third-order valence-electron chi connectivity index (χ3n) is 2.70. The molecular formula is C13H11Cl2NO. The molecule has 2 aromatic rings. The van der Waals surface area contributed by atoms with Gasteiger partial charge in [-0.25, -0.2) is 0 Å². The number of nitrogens with zero attached hydrogens (tertiary/aromatic N) is 1. The summed E-state index contributed by atoms with van der Waals surface area (Å²) >= 11 is 11.9. The molecule has 0 saturated carbocycles. The highest BCUT2D eigenvalue weighted by atomic mass is 35.5. The Morgan fingerprint density at radius 2 is 2.00 bits per heavy atom. The van der Waals surface area contributed by atoms with E-state index in [1.54, 1.807) is 18.2 Å². The molecule has 17 heavy (non-hydrogen) atoms. The maximum Gasteiger partial charge on any atom is 0.166 e. The minimum absolute atomic E-state index is 0.572. The summed E-state index contributed by atoms with van der Waals surface area (Å²) in [6, 6.07) is 9.08. The minimum Gasteiger partial charge on any atom is -0.338 e. The van der Waals surface area contributed by atoms with Gasteiger partial charge in [-0.15, -0.1) is 0 Å². The highest BCUT2D eigenvalue weighted by Crippen LogP contribution is 2.22. The first kappa shape index (κ1) is 12.2. The molecule has 0 amide bonds. The number of hydrogen-bond acceptors (Lipinski definition) is 1. The van der Waals surface area contributed by atoms with Crippen LogP contribution in [0.1, 0.15) is 21.7 Å². The van der Waals surface area contributed by atoms with Crippen molar-refractivity contribution in [2.24, 2.45) is 0 Å². The fourth-order valence-electron chi connectivity index (χ4n) is 1.73. The first-order valence-corrected chi connectivity index (χ1v) is 5.92. The first-order chi connectivity index (χ1) is 8.11. The summed E-state index contributed by atoms with van der Waals surface area (Å²) in [5.74, 6) is 0. The fourth-order valence-corrected chi connectivity index (χ4v) is 2.20. The van der Waals surface area contributed by atoms with E-state index < -0.39 is 0 Å². The average molecular weight is 268 g/mol. The van der Waals surface area contributed by atoms with E-state index in [2.05, 4.69) is 0 Å². The summed E-state index contributed by atoms with van der Waals surface area (Å²) in [4.78, 5) is 10.9. The molecule has 2 nitrogen and oxygen atoms in total. The van der Waals surface area contributed by atoms with Crippen molar-refractivity contribution in [3.63, 3.8) is 0 Å². The molecule has 0 atom stereocenters. The molecule has 0 spiro atoms. The Balaban J connectivity index is 2.37. The van der Waals surface area contributed by atoms with Crippen LogP contribution in [0.4, 0.5) is 0 Å². The van der Waals surface area contributed by atoms with Gasteiger partial charge in [-0.05, 0) is 36.8 Å². The SMILES string of the molecule is Cc1ccc(C=O)n1Cc1ccc(Cl)cc1Cl. The highest BCUT2D eigenvalue weighted by Gasteiger charge is 2.07. The normalized spacial score (nSPS) is 10.5. The molecule has 0 aliphatic rings. The lowest BCUT2D eigenvalue weighted by Crippen LogP contribution is -2.05. The van der Waals surface area contributed by atoms with E-state index in [0.717, 1.165) is 17.5 Å². The van der Waals surface area contributed by atoms with Crippen molar-refractivity contribution >= 4 is 29.5 Å². The molecule has 88 valence electrons. The second kappa shape index (κ2) is 4.94. The number of aryl methyl sites for hydroxylation is 1. The quantitative estimate of drug-likeness (QED) is 0.772. The van der Waals surface area contributed by atoms with Crippen LogP contribution in [0.3, 0.4) is 0 Å². The number of aldehydes is 1. The number of carbonyl (C=O) groups excluding carboxylic acids is 1. The maximum absolute atomic E-state index is 10.9. The Labute approximate surface area is 110 Å². The molecule has 2 rings (SSSR count). The van der Waals surface area contributed by atoms with Crippen molar-refractivity contribution in [3.8, 4) is 0 Å². The van der Waals surface area contributed by atoms with E-state index in [0.29, 0.717) is 22.3 Å². The zero-order valence-corrected chi connectivity index (χ0v) is 10.8. The molecule has 1 aromatic heterocycles. The van der Waals surface area contributed by atoms with Crippen LogP contribution in [-0.4, -0.2) is 10.9 Å². The monoisotopic (exact) mass is 267 g/mol. The van der Waals surface area contributed by atoms with E-state index in [-0.39, 0.29) is 0 Å². The van der Waals surface area contributed by atoms with Crippen molar-refractivity contribution in [3.05, 3.63) is 57.3 Å². The maximum atomic E-state index is 10.9. The smallest absolute Gasteiger partial charge is 0.166 e. The van der Waals surface area contributed by atoms with Crippen LogP contribution < -0.4 is 0 Å². The van der Waals surface area contributed by atoms with Crippen molar-refractivity contribution in [1.29, 1.82) is 0 Å². The number of aromatic nitrogens is 1. The number of halogens is 2. The van der Waals surface area contributed by atoms with Gasteiger partial charge < -0.3 is 4.57 Å². The minimum atomic E-state index is 0.572. The van der Waals surface area contributed by atoms with Gasteiger partial charge in [0.25, 0.3) is 0 Å². The first-order valence-electron chi connectivity index (χ1n) is 5.17. The van der Waals surface area contributed by atoms with E-state index in [4.69, 9.17) is 23.2 Å². The molecular weight excluding hydrogens is 257 g/mol. The second-order valence-corrected chi connectivity index (χ2v) is 4.68. The number of carbonyl (C=O) groups is 1. The highest BCUT2D eigenvalue weighted by molar-refractivity contribution is 6.35. The van der Waals surface area contributed by atoms with Crippen LogP contribution in [0, 0.1) is 6.92 Å². The van der Waals surface area contributed by atoms with Crippen LogP contribution in [0.15, 0.2) is 30.3 Å². The van der Waals surface area contributed by atoms with Gasteiger partial charge in [0.2, 0.25) is 0 Å². The topological polar surface area (TPSA) is 22.0 Å².